The second-order valence-electron chi connectivity index (χ2n) is 4.91. The summed E-state index contributed by atoms with van der Waals surface area (Å²) in [5.41, 5.74) is 0. The largest absolute Gasteiger partial charge is 0.395 e. The maximum absolute atomic E-state index is 11.5. The minimum absolute atomic E-state index is 0.00905. The summed E-state index contributed by atoms with van der Waals surface area (Å²) in [7, 11) is 2.02. The highest BCUT2D eigenvalue weighted by atomic mass is 16.3. The van der Waals surface area contributed by atoms with Crippen LogP contribution in [0.2, 0.25) is 0 Å². The van der Waals surface area contributed by atoms with Gasteiger partial charge < -0.3 is 10.4 Å². The SMILES string of the molecule is CC1CCCC(N(C)CC(=O)NCCO)C1. The van der Waals surface area contributed by atoms with Crippen molar-refractivity contribution in [2.75, 3.05) is 26.7 Å². The van der Waals surface area contributed by atoms with E-state index in [1.807, 2.05) is 7.05 Å². The van der Waals surface area contributed by atoms with Crippen molar-refractivity contribution in [2.45, 2.75) is 38.6 Å². The number of nitrogens with one attached hydrogen (secondary N) is 1. The molecule has 4 heteroatoms. The van der Waals surface area contributed by atoms with E-state index in [4.69, 9.17) is 5.11 Å². The third kappa shape index (κ3) is 4.49. The molecular formula is C12H24N2O2. The van der Waals surface area contributed by atoms with Crippen molar-refractivity contribution >= 4 is 5.91 Å². The molecule has 2 unspecified atom stereocenters. The molecule has 2 N–H and O–H groups in total. The molecule has 1 aliphatic rings. The Morgan fingerprint density at radius 2 is 2.25 bits per heavy atom. The highest BCUT2D eigenvalue weighted by Crippen LogP contribution is 2.26. The van der Waals surface area contributed by atoms with E-state index in [0.717, 1.165) is 5.92 Å². The van der Waals surface area contributed by atoms with Crippen LogP contribution in [0.1, 0.15) is 32.6 Å². The number of likely N-dealkylation sites (N-methyl/N-ethyl adjacent to an activating group) is 1. The number of nitrogens with zero attached hydrogens (tertiary/aromatic N) is 1. The van der Waals surface area contributed by atoms with E-state index in [1.165, 1.54) is 25.7 Å². The van der Waals surface area contributed by atoms with Crippen LogP contribution in [0.25, 0.3) is 0 Å². The van der Waals surface area contributed by atoms with Crippen LogP contribution in [0.3, 0.4) is 0 Å². The Kier molecular flexibility index (Phi) is 5.77. The number of aliphatic hydroxyl groups is 1. The lowest BCUT2D eigenvalue weighted by molar-refractivity contribution is -0.122. The van der Waals surface area contributed by atoms with Crippen molar-refractivity contribution in [1.29, 1.82) is 0 Å². The predicted octanol–water partition coefficient (Wildman–Crippen LogP) is 0.605. The van der Waals surface area contributed by atoms with Gasteiger partial charge in [-0.15, -0.1) is 0 Å². The van der Waals surface area contributed by atoms with E-state index in [0.29, 0.717) is 19.1 Å². The minimum atomic E-state index is 0.00905. The zero-order valence-corrected chi connectivity index (χ0v) is 10.4. The molecule has 0 aromatic rings. The molecule has 0 saturated heterocycles. The van der Waals surface area contributed by atoms with Gasteiger partial charge in [-0.05, 0) is 25.8 Å². The van der Waals surface area contributed by atoms with Gasteiger partial charge >= 0.3 is 0 Å². The highest BCUT2D eigenvalue weighted by molar-refractivity contribution is 5.77. The van der Waals surface area contributed by atoms with Crippen LogP contribution in [0, 0.1) is 5.92 Å². The Labute approximate surface area is 98.0 Å². The Bertz CT molecular complexity index is 221. The first kappa shape index (κ1) is 13.5. The number of hydrogen-bond acceptors (Lipinski definition) is 3. The first-order chi connectivity index (χ1) is 7.63. The fraction of sp³-hybridized carbons (Fsp3) is 0.917. The van der Waals surface area contributed by atoms with Crippen molar-refractivity contribution in [1.82, 2.24) is 10.2 Å². The van der Waals surface area contributed by atoms with E-state index in [2.05, 4.69) is 17.1 Å². The quantitative estimate of drug-likeness (QED) is 0.725. The first-order valence-corrected chi connectivity index (χ1v) is 6.21. The van der Waals surface area contributed by atoms with Gasteiger partial charge in [0.25, 0.3) is 0 Å². The van der Waals surface area contributed by atoms with Crippen molar-refractivity contribution in [3.8, 4) is 0 Å². The van der Waals surface area contributed by atoms with Crippen LogP contribution in [0.5, 0.6) is 0 Å². The van der Waals surface area contributed by atoms with Crippen LogP contribution in [-0.2, 0) is 4.79 Å². The average molecular weight is 228 g/mol. The van der Waals surface area contributed by atoms with Crippen molar-refractivity contribution < 1.29 is 9.90 Å². The standard InChI is InChI=1S/C12H24N2O2/c1-10-4-3-5-11(8-10)14(2)9-12(16)13-6-7-15/h10-11,15H,3-9H2,1-2H3,(H,13,16). The van der Waals surface area contributed by atoms with Crippen molar-refractivity contribution in [3.05, 3.63) is 0 Å². The van der Waals surface area contributed by atoms with Crippen molar-refractivity contribution in [3.63, 3.8) is 0 Å². The summed E-state index contributed by atoms with van der Waals surface area (Å²) in [6, 6.07) is 0.545. The number of aliphatic hydroxyl groups excluding tert-OH is 1. The number of carbonyl (C=O) groups excluding carboxylic acids is 1. The molecule has 4 nitrogen and oxygen atoms in total. The molecule has 0 aliphatic heterocycles. The maximum atomic E-state index is 11.5. The molecule has 0 spiro atoms. The van der Waals surface area contributed by atoms with E-state index in [-0.39, 0.29) is 12.5 Å². The van der Waals surface area contributed by atoms with Gasteiger partial charge in [0.2, 0.25) is 5.91 Å². The summed E-state index contributed by atoms with van der Waals surface area (Å²) in [6.45, 7) is 3.09. The summed E-state index contributed by atoms with van der Waals surface area (Å²) < 4.78 is 0. The summed E-state index contributed by atoms with van der Waals surface area (Å²) in [5, 5.41) is 11.3. The summed E-state index contributed by atoms with van der Waals surface area (Å²) >= 11 is 0. The molecule has 0 bridgehead atoms. The average Bonchev–Trinajstić information content (AvgIpc) is 2.26. The Hall–Kier alpha value is -0.610. The summed E-state index contributed by atoms with van der Waals surface area (Å²) in [5.74, 6) is 0.788. The summed E-state index contributed by atoms with van der Waals surface area (Å²) in [4.78, 5) is 13.6. The van der Waals surface area contributed by atoms with Gasteiger partial charge in [0, 0.05) is 12.6 Å². The molecule has 94 valence electrons. The van der Waals surface area contributed by atoms with Crippen LogP contribution < -0.4 is 5.32 Å². The molecule has 0 heterocycles. The molecule has 0 aromatic heterocycles. The van der Waals surface area contributed by atoms with Gasteiger partial charge in [0.05, 0.1) is 13.2 Å². The minimum Gasteiger partial charge on any atom is -0.395 e. The lowest BCUT2D eigenvalue weighted by atomic mass is 9.86. The molecule has 0 radical (unpaired) electrons. The lowest BCUT2D eigenvalue weighted by Gasteiger charge is -2.33. The van der Waals surface area contributed by atoms with Crippen LogP contribution in [0.15, 0.2) is 0 Å². The van der Waals surface area contributed by atoms with Gasteiger partial charge in [0.1, 0.15) is 0 Å². The smallest absolute Gasteiger partial charge is 0.234 e. The zero-order chi connectivity index (χ0) is 12.0. The molecule has 1 aliphatic carbocycles. The van der Waals surface area contributed by atoms with Crippen LogP contribution in [0.4, 0.5) is 0 Å². The molecule has 0 aromatic carbocycles. The Balaban J connectivity index is 2.27. The van der Waals surface area contributed by atoms with Gasteiger partial charge in [-0.25, -0.2) is 0 Å². The Morgan fingerprint density at radius 1 is 1.50 bits per heavy atom. The van der Waals surface area contributed by atoms with E-state index >= 15 is 0 Å². The van der Waals surface area contributed by atoms with Crippen molar-refractivity contribution in [2.24, 2.45) is 5.92 Å². The fourth-order valence-electron chi connectivity index (χ4n) is 2.41. The predicted molar refractivity (Wildman–Crippen MR) is 64.1 cm³/mol. The second-order valence-corrected chi connectivity index (χ2v) is 4.91. The number of hydrogen-bond donors (Lipinski definition) is 2. The fourth-order valence-corrected chi connectivity index (χ4v) is 2.41. The van der Waals surface area contributed by atoms with E-state index in [9.17, 15) is 4.79 Å². The normalized spacial score (nSPS) is 25.8. The summed E-state index contributed by atoms with van der Waals surface area (Å²) in [6.07, 6.45) is 4.99. The highest BCUT2D eigenvalue weighted by Gasteiger charge is 2.23. The number of amides is 1. The third-order valence-corrected chi connectivity index (χ3v) is 3.36. The lowest BCUT2D eigenvalue weighted by Crippen LogP contribution is -2.42. The van der Waals surface area contributed by atoms with Gasteiger partial charge in [0.15, 0.2) is 0 Å². The van der Waals surface area contributed by atoms with Crippen LogP contribution >= 0.6 is 0 Å². The molecule has 1 fully saturated rings. The molecular weight excluding hydrogens is 204 g/mol. The zero-order valence-electron chi connectivity index (χ0n) is 10.4. The van der Waals surface area contributed by atoms with Crippen LogP contribution in [-0.4, -0.2) is 48.7 Å². The van der Waals surface area contributed by atoms with E-state index < -0.39 is 0 Å². The molecule has 16 heavy (non-hydrogen) atoms. The maximum Gasteiger partial charge on any atom is 0.234 e. The number of rotatable bonds is 5. The van der Waals surface area contributed by atoms with Gasteiger partial charge in [-0.3, -0.25) is 9.69 Å². The van der Waals surface area contributed by atoms with Gasteiger partial charge in [-0.1, -0.05) is 19.8 Å². The molecule has 2 atom stereocenters. The molecule has 1 amide bonds. The monoisotopic (exact) mass is 228 g/mol. The Morgan fingerprint density at radius 3 is 2.88 bits per heavy atom. The molecule has 1 saturated carbocycles. The second kappa shape index (κ2) is 6.86. The number of carbonyl (C=O) groups is 1. The van der Waals surface area contributed by atoms with E-state index in [1.54, 1.807) is 0 Å². The topological polar surface area (TPSA) is 52.6 Å². The van der Waals surface area contributed by atoms with Gasteiger partial charge in [-0.2, -0.15) is 0 Å². The first-order valence-electron chi connectivity index (χ1n) is 6.21. The molecule has 1 rings (SSSR count). The third-order valence-electron chi connectivity index (χ3n) is 3.36.